The first kappa shape index (κ1) is 14.3. The average molecular weight is 273 g/mol. The lowest BCUT2D eigenvalue weighted by Gasteiger charge is -2.24. The number of rotatable bonds is 4. The van der Waals surface area contributed by atoms with Crippen LogP contribution in [0.5, 0.6) is 5.75 Å². The highest BCUT2D eigenvalue weighted by molar-refractivity contribution is 6.00. The lowest BCUT2D eigenvalue weighted by molar-refractivity contribution is 0.101. The van der Waals surface area contributed by atoms with E-state index in [9.17, 15) is 4.79 Å². The summed E-state index contributed by atoms with van der Waals surface area (Å²) in [5, 5.41) is 0. The van der Waals surface area contributed by atoms with Gasteiger partial charge in [-0.25, -0.2) is 9.27 Å². The summed E-state index contributed by atoms with van der Waals surface area (Å²) >= 11 is 0. The molecule has 1 aromatic heterocycles. The Kier molecular flexibility index (Phi) is 3.68. The van der Waals surface area contributed by atoms with E-state index in [-0.39, 0.29) is 5.78 Å². The second-order valence-corrected chi connectivity index (χ2v) is 5.69. The highest BCUT2D eigenvalue weighted by Crippen LogP contribution is 2.27. The number of carbonyl (C=O) groups is 1. The molecule has 106 valence electrons. The summed E-state index contributed by atoms with van der Waals surface area (Å²) in [4.78, 5) is 11.9. The lowest BCUT2D eigenvalue weighted by atomic mass is 10.0. The Morgan fingerprint density at radius 3 is 2.15 bits per heavy atom. The second kappa shape index (κ2) is 5.13. The fraction of sp³-hybridized carbons (Fsp3) is 0.312. The number of carbonyl (C=O) groups excluding carboxylic acids is 1. The van der Waals surface area contributed by atoms with Crippen molar-refractivity contribution in [3.8, 4) is 16.9 Å². The number of aromatic nitrogens is 1. The number of nitrogens with zero attached hydrogens (tertiary/aromatic N) is 2. The Hall–Kier alpha value is -2.07. The normalized spacial score (nSPS) is 11.4. The van der Waals surface area contributed by atoms with E-state index >= 15 is 0 Å². The molecule has 2 rings (SSSR count). The van der Waals surface area contributed by atoms with Crippen LogP contribution in [0, 0.1) is 0 Å². The van der Waals surface area contributed by atoms with Crippen molar-refractivity contribution in [1.29, 1.82) is 0 Å². The van der Waals surface area contributed by atoms with Gasteiger partial charge in [0.05, 0.1) is 40.6 Å². The fourth-order valence-electron chi connectivity index (χ4n) is 2.07. The van der Waals surface area contributed by atoms with Crippen LogP contribution in [0.4, 0.5) is 0 Å². The minimum Gasteiger partial charge on any atom is -0.497 e. The molecule has 0 unspecified atom stereocenters. The van der Waals surface area contributed by atoms with Gasteiger partial charge in [-0.05, 0) is 24.6 Å². The highest BCUT2D eigenvalue weighted by atomic mass is 16.5. The monoisotopic (exact) mass is 273 g/mol. The van der Waals surface area contributed by atoms with Crippen molar-refractivity contribution in [3.05, 3.63) is 42.2 Å². The summed E-state index contributed by atoms with van der Waals surface area (Å²) < 4.78 is 7.80. The molecule has 0 aliphatic rings. The number of quaternary nitrogens is 1. The maximum atomic E-state index is 11.9. The number of benzene rings is 1. The van der Waals surface area contributed by atoms with Crippen LogP contribution < -0.4 is 9.33 Å². The molecule has 0 amide bonds. The third kappa shape index (κ3) is 2.75. The predicted octanol–water partition coefficient (Wildman–Crippen LogP) is 2.69. The topological polar surface area (TPSA) is 31.2 Å². The van der Waals surface area contributed by atoms with Gasteiger partial charge in [0, 0.05) is 11.1 Å². The van der Waals surface area contributed by atoms with Gasteiger partial charge in [-0.1, -0.05) is 12.1 Å². The molecule has 0 radical (unpaired) electrons. The predicted molar refractivity (Wildman–Crippen MR) is 81.7 cm³/mol. The largest absolute Gasteiger partial charge is 0.497 e. The van der Waals surface area contributed by atoms with Gasteiger partial charge in [-0.2, -0.15) is 0 Å². The molecular weight excluding hydrogens is 252 g/mol. The third-order valence-corrected chi connectivity index (χ3v) is 3.29. The van der Waals surface area contributed by atoms with Crippen LogP contribution in [-0.4, -0.2) is 38.7 Å². The zero-order chi connectivity index (χ0) is 14.9. The van der Waals surface area contributed by atoms with Crippen LogP contribution >= 0.6 is 0 Å². The number of hydrogen-bond donors (Lipinski definition) is 0. The fourth-order valence-corrected chi connectivity index (χ4v) is 2.07. The minimum absolute atomic E-state index is 0.0722. The van der Waals surface area contributed by atoms with Crippen molar-refractivity contribution in [2.45, 2.75) is 6.92 Å². The molecule has 0 bridgehead atoms. The summed E-state index contributed by atoms with van der Waals surface area (Å²) in [5.41, 5.74) is 2.71. The molecule has 0 saturated carbocycles. The Labute approximate surface area is 119 Å². The van der Waals surface area contributed by atoms with E-state index < -0.39 is 0 Å². The van der Waals surface area contributed by atoms with Crippen LogP contribution in [0.2, 0.25) is 0 Å². The van der Waals surface area contributed by atoms with Gasteiger partial charge in [-0.3, -0.25) is 4.79 Å². The molecule has 4 heteroatoms. The van der Waals surface area contributed by atoms with Crippen LogP contribution in [0.3, 0.4) is 0 Å². The maximum absolute atomic E-state index is 11.9. The van der Waals surface area contributed by atoms with E-state index in [1.54, 1.807) is 14.0 Å². The molecule has 4 nitrogen and oxygen atoms in total. The van der Waals surface area contributed by atoms with Gasteiger partial charge in [0.25, 0.3) is 0 Å². The standard InChI is InChI=1S/C16H21N2O2/c1-12(19)15-10-17(18(2,3)4)11-16(15)13-6-8-14(20-5)9-7-13/h6-11H,1-5H3/q+1. The molecule has 0 saturated heterocycles. The van der Waals surface area contributed by atoms with Gasteiger partial charge in [0.15, 0.2) is 5.78 Å². The van der Waals surface area contributed by atoms with Crippen molar-refractivity contribution >= 4 is 5.78 Å². The van der Waals surface area contributed by atoms with Crippen LogP contribution in [0.1, 0.15) is 17.3 Å². The third-order valence-electron chi connectivity index (χ3n) is 3.29. The Morgan fingerprint density at radius 2 is 1.70 bits per heavy atom. The Morgan fingerprint density at radius 1 is 1.10 bits per heavy atom. The quantitative estimate of drug-likeness (QED) is 0.633. The van der Waals surface area contributed by atoms with Gasteiger partial charge < -0.3 is 4.74 Å². The summed E-state index contributed by atoms with van der Waals surface area (Å²) in [5.74, 6) is 0.882. The van der Waals surface area contributed by atoms with Crippen LogP contribution in [0.25, 0.3) is 11.1 Å². The first-order chi connectivity index (χ1) is 9.32. The van der Waals surface area contributed by atoms with E-state index in [4.69, 9.17) is 4.74 Å². The van der Waals surface area contributed by atoms with Crippen LogP contribution in [-0.2, 0) is 0 Å². The number of methoxy groups -OCH3 is 1. The van der Waals surface area contributed by atoms with Crippen molar-refractivity contribution < 1.29 is 9.53 Å². The average Bonchev–Trinajstić information content (AvgIpc) is 2.84. The molecule has 1 aromatic carbocycles. The number of Topliss-reactive ketones (excluding diaryl/α,β-unsaturated/α-hetero) is 1. The van der Waals surface area contributed by atoms with E-state index in [1.165, 1.54) is 0 Å². The van der Waals surface area contributed by atoms with E-state index in [0.29, 0.717) is 4.59 Å². The molecule has 2 aromatic rings. The molecular formula is C16H21N2O2+. The second-order valence-electron chi connectivity index (χ2n) is 5.69. The van der Waals surface area contributed by atoms with Gasteiger partial charge in [0.1, 0.15) is 5.75 Å². The first-order valence-electron chi connectivity index (χ1n) is 6.52. The zero-order valence-corrected chi connectivity index (χ0v) is 12.7. The number of hydrogen-bond acceptors (Lipinski definition) is 2. The van der Waals surface area contributed by atoms with E-state index in [1.807, 2.05) is 41.3 Å². The molecule has 1 heterocycles. The first-order valence-corrected chi connectivity index (χ1v) is 6.52. The molecule has 0 aliphatic heterocycles. The SMILES string of the molecule is COc1ccc(-c2cn([N+](C)(C)C)cc2C(C)=O)cc1. The Balaban J connectivity index is 2.53. The molecule has 20 heavy (non-hydrogen) atoms. The molecule has 0 spiro atoms. The van der Waals surface area contributed by atoms with E-state index in [2.05, 4.69) is 21.1 Å². The van der Waals surface area contributed by atoms with Crippen LogP contribution in [0.15, 0.2) is 36.7 Å². The molecule has 0 N–H and O–H groups in total. The Bertz CT molecular complexity index is 619. The van der Waals surface area contributed by atoms with Crippen molar-refractivity contribution in [2.24, 2.45) is 0 Å². The number of ketones is 1. The number of ether oxygens (including phenoxy) is 1. The van der Waals surface area contributed by atoms with E-state index in [0.717, 1.165) is 22.4 Å². The van der Waals surface area contributed by atoms with Gasteiger partial charge in [0.2, 0.25) is 0 Å². The maximum Gasteiger partial charge on any atom is 0.162 e. The minimum atomic E-state index is 0.0722. The highest BCUT2D eigenvalue weighted by Gasteiger charge is 2.18. The molecule has 0 aliphatic carbocycles. The van der Waals surface area contributed by atoms with Crippen molar-refractivity contribution in [1.82, 2.24) is 9.27 Å². The lowest BCUT2D eigenvalue weighted by Crippen LogP contribution is -2.45. The van der Waals surface area contributed by atoms with Gasteiger partial charge in [-0.15, -0.1) is 0 Å². The van der Waals surface area contributed by atoms with Crippen molar-refractivity contribution in [3.63, 3.8) is 0 Å². The molecule has 0 atom stereocenters. The summed E-state index contributed by atoms with van der Waals surface area (Å²) in [7, 11) is 7.81. The molecule has 0 fully saturated rings. The summed E-state index contributed by atoms with van der Waals surface area (Å²) in [6.07, 6.45) is 3.92. The van der Waals surface area contributed by atoms with Crippen molar-refractivity contribution in [2.75, 3.05) is 28.3 Å². The van der Waals surface area contributed by atoms with Gasteiger partial charge >= 0.3 is 0 Å². The summed E-state index contributed by atoms with van der Waals surface area (Å²) in [6, 6.07) is 7.76. The summed E-state index contributed by atoms with van der Waals surface area (Å²) in [6.45, 7) is 1.60. The zero-order valence-electron chi connectivity index (χ0n) is 12.7. The smallest absolute Gasteiger partial charge is 0.162 e.